The van der Waals surface area contributed by atoms with E-state index in [2.05, 4.69) is 30.3 Å². The number of nitrogens with one attached hydrogen (secondary N) is 2. The molecule has 2 atom stereocenters. The van der Waals surface area contributed by atoms with Crippen molar-refractivity contribution in [3.05, 3.63) is 30.5 Å². The molecule has 2 unspecified atom stereocenters. The van der Waals surface area contributed by atoms with Gasteiger partial charge in [-0.1, -0.05) is 6.07 Å². The van der Waals surface area contributed by atoms with E-state index in [-0.39, 0.29) is 18.9 Å². The second-order valence-corrected chi connectivity index (χ2v) is 7.59. The molecule has 148 valence electrons. The summed E-state index contributed by atoms with van der Waals surface area (Å²) in [6.45, 7) is 0.373. The fourth-order valence-corrected chi connectivity index (χ4v) is 4.29. The Balaban J connectivity index is 2.10. The number of anilines is 1. The predicted molar refractivity (Wildman–Crippen MR) is 107 cm³/mol. The Morgan fingerprint density at radius 2 is 2.18 bits per heavy atom. The van der Waals surface area contributed by atoms with Gasteiger partial charge in [0, 0.05) is 19.3 Å². The first-order chi connectivity index (χ1) is 13.5. The first-order valence-corrected chi connectivity index (χ1v) is 10.1. The first-order valence-electron chi connectivity index (χ1n) is 8.08. The molecule has 13 heteroatoms. The molecule has 0 aliphatic carbocycles. The summed E-state index contributed by atoms with van der Waals surface area (Å²) in [4.78, 5) is 4.91. The van der Waals surface area contributed by atoms with Crippen molar-refractivity contribution < 1.29 is 9.66 Å². The second-order valence-electron chi connectivity index (χ2n) is 5.66. The van der Waals surface area contributed by atoms with Crippen LogP contribution in [-0.2, 0) is 11.4 Å². The lowest BCUT2D eigenvalue weighted by molar-refractivity contribution is 0.188. The molecular weight excluding hydrogens is 402 g/mol. The number of hydrogen-bond donors (Lipinski definition) is 6. The highest BCUT2D eigenvalue weighted by atomic mass is 32.2. The van der Waals surface area contributed by atoms with E-state index in [0.717, 1.165) is 5.56 Å². The predicted octanol–water partition coefficient (Wildman–Crippen LogP) is -0.591. The van der Waals surface area contributed by atoms with Crippen LogP contribution in [0.4, 0.5) is 5.82 Å². The number of rotatable bonds is 8. The highest BCUT2D eigenvalue weighted by molar-refractivity contribution is 7.98. The number of aromatic amines is 1. The molecule has 1 aromatic carbocycles. The van der Waals surface area contributed by atoms with Gasteiger partial charge in [-0.15, -0.1) is 15.3 Å². The molecule has 28 heavy (non-hydrogen) atoms. The average Bonchev–Trinajstić information content (AvgIpc) is 3.21. The van der Waals surface area contributed by atoms with Crippen molar-refractivity contribution in [2.45, 2.75) is 15.9 Å². The minimum absolute atomic E-state index is 0.125. The molecule has 3 aromatic rings. The molecule has 2 aromatic heterocycles. The summed E-state index contributed by atoms with van der Waals surface area (Å²) in [6, 6.07) is 7.04. The van der Waals surface area contributed by atoms with E-state index in [1.54, 1.807) is 24.4 Å². The topological polar surface area (TPSA) is 201 Å². The van der Waals surface area contributed by atoms with Gasteiger partial charge >= 0.3 is 0 Å². The molecule has 0 bridgehead atoms. The van der Waals surface area contributed by atoms with E-state index < -0.39 is 17.5 Å². The lowest BCUT2D eigenvalue weighted by Crippen LogP contribution is -2.29. The Bertz CT molecular complexity index is 924. The number of hydrogen-bond acceptors (Lipinski definition) is 11. The third kappa shape index (κ3) is 4.59. The second kappa shape index (κ2) is 9.29. The molecule has 9 N–H and O–H groups in total. The maximum atomic E-state index is 12.4. The summed E-state index contributed by atoms with van der Waals surface area (Å²) >= 11 is -0.683. The van der Waals surface area contributed by atoms with Crippen molar-refractivity contribution in [1.29, 1.82) is 0 Å². The van der Waals surface area contributed by atoms with Crippen LogP contribution in [0.2, 0.25) is 0 Å². The molecule has 0 aliphatic rings. The number of aliphatic hydroxyl groups is 1. The van der Waals surface area contributed by atoms with E-state index in [4.69, 9.17) is 16.6 Å². The highest BCUT2D eigenvalue weighted by Gasteiger charge is 2.27. The van der Waals surface area contributed by atoms with E-state index in [0.29, 0.717) is 26.7 Å². The number of nitrogen functional groups attached to an aromatic ring is 1. The molecule has 0 spiro atoms. The highest BCUT2D eigenvalue weighted by Crippen LogP contribution is 2.39. The molecule has 0 aliphatic heterocycles. The number of H-pyrrole nitrogens is 1. The van der Waals surface area contributed by atoms with Crippen LogP contribution in [0, 0.1) is 0 Å². The third-order valence-corrected chi connectivity index (χ3v) is 5.58. The number of aromatic nitrogens is 5. The third-order valence-electron chi connectivity index (χ3n) is 3.76. The van der Waals surface area contributed by atoms with Crippen molar-refractivity contribution in [2.75, 3.05) is 18.8 Å². The van der Waals surface area contributed by atoms with Crippen molar-refractivity contribution in [3.63, 3.8) is 0 Å². The number of nitrogens with two attached hydrogens (primary N) is 3. The number of benzene rings is 1. The van der Waals surface area contributed by atoms with Gasteiger partial charge in [-0.3, -0.25) is 4.72 Å². The zero-order chi connectivity index (χ0) is 20.1. The molecule has 11 nitrogen and oxygen atoms in total. The summed E-state index contributed by atoms with van der Waals surface area (Å²) in [5.41, 5.74) is 13.1. The van der Waals surface area contributed by atoms with Crippen LogP contribution in [-0.4, -0.2) is 54.5 Å². The Labute approximate surface area is 167 Å². The number of pyridine rings is 1. The molecule has 0 fully saturated rings. The molecule has 0 saturated carbocycles. The summed E-state index contributed by atoms with van der Waals surface area (Å²) in [6.07, 6.45) is 0.873. The Morgan fingerprint density at radius 3 is 2.82 bits per heavy atom. The monoisotopic (exact) mass is 421 g/mol. The van der Waals surface area contributed by atoms with Crippen LogP contribution in [0.25, 0.3) is 22.5 Å². The molecule has 0 saturated heterocycles. The fraction of sp³-hybridized carbons (Fsp3) is 0.200. The first kappa shape index (κ1) is 20.5. The van der Waals surface area contributed by atoms with Crippen molar-refractivity contribution >= 4 is 29.1 Å². The number of nitrogens with zero attached hydrogens (tertiary/aromatic N) is 4. The summed E-state index contributed by atoms with van der Waals surface area (Å²) in [5.74, 6) is 0.575. The van der Waals surface area contributed by atoms with Gasteiger partial charge < -0.3 is 21.1 Å². The fourth-order valence-electron chi connectivity index (χ4n) is 2.49. The van der Waals surface area contributed by atoms with Gasteiger partial charge in [0.25, 0.3) is 0 Å². The van der Waals surface area contributed by atoms with E-state index in [1.165, 1.54) is 11.9 Å². The minimum atomic E-state index is -1.86. The van der Waals surface area contributed by atoms with Crippen LogP contribution in [0.5, 0.6) is 0 Å². The SMILES string of the molecule is NCC(O)CNSc1ccc(-c2ccnc(N)c2)c(-c2nn[nH]n2)c1[S+](N)[O-]. The summed E-state index contributed by atoms with van der Waals surface area (Å²) in [7, 11) is 0. The Hall–Kier alpha value is -2.26. The van der Waals surface area contributed by atoms with Crippen LogP contribution < -0.4 is 21.3 Å². The Morgan fingerprint density at radius 1 is 1.36 bits per heavy atom. The van der Waals surface area contributed by atoms with Gasteiger partial charge in [-0.05, 0) is 46.5 Å². The quantitative estimate of drug-likeness (QED) is 0.200. The van der Waals surface area contributed by atoms with Crippen molar-refractivity contribution in [3.8, 4) is 22.5 Å². The van der Waals surface area contributed by atoms with Gasteiger partial charge in [0.05, 0.1) is 27.9 Å². The zero-order valence-electron chi connectivity index (χ0n) is 14.6. The molecule has 3 rings (SSSR count). The molecule has 0 radical (unpaired) electrons. The molecule has 2 heterocycles. The summed E-state index contributed by atoms with van der Waals surface area (Å²) < 4.78 is 15.4. The van der Waals surface area contributed by atoms with E-state index >= 15 is 0 Å². The largest absolute Gasteiger partial charge is 0.593 e. The van der Waals surface area contributed by atoms with Crippen LogP contribution in [0.3, 0.4) is 0 Å². The van der Waals surface area contributed by atoms with Gasteiger partial charge in [0.2, 0.25) is 5.82 Å². The summed E-state index contributed by atoms with van der Waals surface area (Å²) in [5, 5.41) is 29.4. The molecule has 0 amide bonds. The van der Waals surface area contributed by atoms with Crippen LogP contribution in [0.1, 0.15) is 0 Å². The minimum Gasteiger partial charge on any atom is -0.593 e. The number of tetrazole rings is 1. The zero-order valence-corrected chi connectivity index (χ0v) is 16.2. The van der Waals surface area contributed by atoms with Gasteiger partial charge in [0.1, 0.15) is 5.82 Å². The number of aliphatic hydroxyl groups excluding tert-OH is 1. The maximum absolute atomic E-state index is 12.4. The van der Waals surface area contributed by atoms with Gasteiger partial charge in [-0.2, -0.15) is 5.21 Å². The van der Waals surface area contributed by atoms with Crippen LogP contribution >= 0.6 is 11.9 Å². The normalized spacial score (nSPS) is 13.4. The van der Waals surface area contributed by atoms with Crippen molar-refractivity contribution in [2.24, 2.45) is 10.9 Å². The van der Waals surface area contributed by atoms with Gasteiger partial charge in [-0.25, -0.2) is 4.98 Å². The van der Waals surface area contributed by atoms with Crippen molar-refractivity contribution in [1.82, 2.24) is 30.3 Å². The smallest absolute Gasteiger partial charge is 0.210 e. The standard InChI is InChI=1S/C15H19N9O2S2/c16-6-9(25)7-20-27-11-2-1-10(8-3-4-19-12(17)5-8)13(14(11)28(18)26)15-21-23-24-22-15/h1-5,9,20,25H,6-7,16,18H2,(H2,17,19)(H,21,22,23,24). The van der Waals surface area contributed by atoms with E-state index in [9.17, 15) is 9.66 Å². The lowest BCUT2D eigenvalue weighted by Gasteiger charge is -2.16. The lowest BCUT2D eigenvalue weighted by atomic mass is 10.00. The Kier molecular flexibility index (Phi) is 6.79. The van der Waals surface area contributed by atoms with Crippen LogP contribution in [0.15, 0.2) is 40.3 Å². The maximum Gasteiger partial charge on any atom is 0.210 e. The molecular formula is C15H19N9O2S2. The van der Waals surface area contributed by atoms with Gasteiger partial charge in [0.15, 0.2) is 4.90 Å². The average molecular weight is 422 g/mol. The van der Waals surface area contributed by atoms with E-state index in [1.807, 2.05) is 6.07 Å².